The Labute approximate surface area is 122 Å². The molecule has 0 aliphatic heterocycles. The summed E-state index contributed by atoms with van der Waals surface area (Å²) in [5.74, 6) is 0. The van der Waals surface area contributed by atoms with Crippen LogP contribution in [0.15, 0.2) is 40.6 Å². The van der Waals surface area contributed by atoms with Crippen molar-refractivity contribution in [2.75, 3.05) is 12.8 Å². The van der Waals surface area contributed by atoms with E-state index >= 15 is 0 Å². The molecular weight excluding hydrogens is 282 g/mol. The first kappa shape index (κ1) is 13.9. The van der Waals surface area contributed by atoms with Crippen molar-refractivity contribution in [3.63, 3.8) is 0 Å². The predicted molar refractivity (Wildman–Crippen MR) is 83.1 cm³/mol. The SMILES string of the molecule is CCNC(c1ccccc1SC)c1sccc1Cl. The topological polar surface area (TPSA) is 12.0 Å². The number of nitrogens with one attached hydrogen (secondary N) is 1. The number of thioether (sulfide) groups is 1. The van der Waals surface area contributed by atoms with Crippen molar-refractivity contribution in [2.45, 2.75) is 17.9 Å². The van der Waals surface area contributed by atoms with E-state index in [1.165, 1.54) is 15.3 Å². The molecule has 1 nitrogen and oxygen atoms in total. The number of rotatable bonds is 5. The van der Waals surface area contributed by atoms with Crippen LogP contribution >= 0.6 is 34.7 Å². The Hall–Kier alpha value is -0.480. The smallest absolute Gasteiger partial charge is 0.0696 e. The first-order chi connectivity index (χ1) is 8.77. The Balaban J connectivity index is 2.45. The van der Waals surface area contributed by atoms with Crippen LogP contribution in [0, 0.1) is 0 Å². The van der Waals surface area contributed by atoms with Gasteiger partial charge in [-0.1, -0.05) is 36.7 Å². The molecule has 4 heteroatoms. The van der Waals surface area contributed by atoms with Gasteiger partial charge >= 0.3 is 0 Å². The molecule has 1 heterocycles. The zero-order valence-corrected chi connectivity index (χ0v) is 12.8. The number of benzene rings is 1. The number of thiophene rings is 1. The molecule has 0 aliphatic carbocycles. The molecule has 0 spiro atoms. The summed E-state index contributed by atoms with van der Waals surface area (Å²) in [5, 5.41) is 6.42. The van der Waals surface area contributed by atoms with E-state index in [9.17, 15) is 0 Å². The highest BCUT2D eigenvalue weighted by Crippen LogP contribution is 2.36. The lowest BCUT2D eigenvalue weighted by Crippen LogP contribution is -2.21. The van der Waals surface area contributed by atoms with Crippen LogP contribution in [0.4, 0.5) is 0 Å². The van der Waals surface area contributed by atoms with Gasteiger partial charge in [-0.2, -0.15) is 0 Å². The van der Waals surface area contributed by atoms with Crippen LogP contribution in [-0.4, -0.2) is 12.8 Å². The normalized spacial score (nSPS) is 12.6. The first-order valence-corrected chi connectivity index (χ1v) is 8.35. The van der Waals surface area contributed by atoms with Crippen molar-refractivity contribution in [2.24, 2.45) is 0 Å². The average molecular weight is 298 g/mol. The van der Waals surface area contributed by atoms with Crippen molar-refractivity contribution in [1.82, 2.24) is 5.32 Å². The summed E-state index contributed by atoms with van der Waals surface area (Å²) < 4.78 is 0. The molecule has 0 saturated carbocycles. The van der Waals surface area contributed by atoms with E-state index < -0.39 is 0 Å². The van der Waals surface area contributed by atoms with Gasteiger partial charge in [-0.3, -0.25) is 0 Å². The second-order valence-corrected chi connectivity index (χ2v) is 6.07. The maximum Gasteiger partial charge on any atom is 0.0696 e. The van der Waals surface area contributed by atoms with E-state index in [0.29, 0.717) is 0 Å². The van der Waals surface area contributed by atoms with Gasteiger partial charge in [-0.25, -0.2) is 0 Å². The Kier molecular flexibility index (Phi) is 5.13. The van der Waals surface area contributed by atoms with Crippen LogP contribution in [0.3, 0.4) is 0 Å². The van der Waals surface area contributed by atoms with E-state index in [2.05, 4.69) is 42.8 Å². The Bertz CT molecular complexity index is 510. The summed E-state index contributed by atoms with van der Waals surface area (Å²) in [6, 6.07) is 10.6. The summed E-state index contributed by atoms with van der Waals surface area (Å²) in [7, 11) is 0. The third-order valence-corrected chi connectivity index (χ3v) is 5.00. The summed E-state index contributed by atoms with van der Waals surface area (Å²) >= 11 is 9.76. The van der Waals surface area contributed by atoms with E-state index in [1.807, 2.05) is 11.4 Å². The fraction of sp³-hybridized carbons (Fsp3) is 0.286. The summed E-state index contributed by atoms with van der Waals surface area (Å²) in [6.45, 7) is 3.04. The monoisotopic (exact) mass is 297 g/mol. The molecular formula is C14H16ClNS2. The molecule has 1 aromatic heterocycles. The number of hydrogen-bond donors (Lipinski definition) is 1. The quantitative estimate of drug-likeness (QED) is 0.794. The van der Waals surface area contributed by atoms with Crippen molar-refractivity contribution in [3.8, 4) is 0 Å². The van der Waals surface area contributed by atoms with E-state index in [0.717, 1.165) is 11.6 Å². The molecule has 0 bridgehead atoms. The molecule has 96 valence electrons. The molecule has 1 atom stereocenters. The van der Waals surface area contributed by atoms with Crippen LogP contribution in [-0.2, 0) is 0 Å². The Morgan fingerprint density at radius 2 is 2.11 bits per heavy atom. The third kappa shape index (κ3) is 2.91. The average Bonchev–Trinajstić information content (AvgIpc) is 2.82. The van der Waals surface area contributed by atoms with Gasteiger partial charge in [0, 0.05) is 9.77 Å². The lowest BCUT2D eigenvalue weighted by atomic mass is 10.1. The number of halogens is 1. The van der Waals surface area contributed by atoms with Crippen molar-refractivity contribution < 1.29 is 0 Å². The maximum absolute atomic E-state index is 6.28. The Morgan fingerprint density at radius 3 is 2.72 bits per heavy atom. The fourth-order valence-electron chi connectivity index (χ4n) is 1.96. The van der Waals surface area contributed by atoms with Gasteiger partial charge in [0.15, 0.2) is 0 Å². The van der Waals surface area contributed by atoms with Gasteiger partial charge in [0.05, 0.1) is 11.1 Å². The van der Waals surface area contributed by atoms with E-state index in [-0.39, 0.29) is 6.04 Å². The minimum atomic E-state index is 0.186. The van der Waals surface area contributed by atoms with E-state index in [1.54, 1.807) is 23.1 Å². The van der Waals surface area contributed by atoms with Gasteiger partial charge in [0.1, 0.15) is 0 Å². The third-order valence-electron chi connectivity index (χ3n) is 2.77. The standard InChI is InChI=1S/C14H16ClNS2/c1-3-16-13(14-11(15)8-9-18-14)10-6-4-5-7-12(10)17-2/h4-9,13,16H,3H2,1-2H3. The van der Waals surface area contributed by atoms with Gasteiger partial charge in [0.2, 0.25) is 0 Å². The lowest BCUT2D eigenvalue weighted by Gasteiger charge is -2.20. The van der Waals surface area contributed by atoms with Gasteiger partial charge < -0.3 is 5.32 Å². The second-order valence-electron chi connectivity index (χ2n) is 3.87. The molecule has 1 aromatic carbocycles. The van der Waals surface area contributed by atoms with Crippen LogP contribution < -0.4 is 5.32 Å². The highest BCUT2D eigenvalue weighted by atomic mass is 35.5. The summed E-state index contributed by atoms with van der Waals surface area (Å²) in [4.78, 5) is 2.49. The fourth-order valence-corrected chi connectivity index (χ4v) is 3.86. The van der Waals surface area contributed by atoms with Crippen molar-refractivity contribution in [3.05, 3.63) is 51.2 Å². The molecule has 0 amide bonds. The van der Waals surface area contributed by atoms with Gasteiger partial charge in [0.25, 0.3) is 0 Å². The molecule has 0 aliphatic rings. The second kappa shape index (κ2) is 6.62. The minimum absolute atomic E-state index is 0.186. The lowest BCUT2D eigenvalue weighted by molar-refractivity contribution is 0.631. The molecule has 18 heavy (non-hydrogen) atoms. The van der Waals surface area contributed by atoms with Crippen LogP contribution in [0.1, 0.15) is 23.4 Å². The number of hydrogen-bond acceptors (Lipinski definition) is 3. The van der Waals surface area contributed by atoms with Crippen molar-refractivity contribution in [1.29, 1.82) is 0 Å². The van der Waals surface area contributed by atoms with Crippen LogP contribution in [0.2, 0.25) is 5.02 Å². The molecule has 2 aromatic rings. The van der Waals surface area contributed by atoms with Crippen LogP contribution in [0.5, 0.6) is 0 Å². The van der Waals surface area contributed by atoms with Gasteiger partial charge in [-0.15, -0.1) is 23.1 Å². The highest BCUT2D eigenvalue weighted by molar-refractivity contribution is 7.98. The zero-order chi connectivity index (χ0) is 13.0. The maximum atomic E-state index is 6.28. The highest BCUT2D eigenvalue weighted by Gasteiger charge is 2.19. The first-order valence-electron chi connectivity index (χ1n) is 5.87. The summed E-state index contributed by atoms with van der Waals surface area (Å²) in [5.41, 5.74) is 1.30. The predicted octanol–water partition coefficient (Wildman–Crippen LogP) is 4.82. The molecule has 1 unspecified atom stereocenters. The molecule has 0 fully saturated rings. The van der Waals surface area contributed by atoms with Crippen LogP contribution in [0.25, 0.3) is 0 Å². The largest absolute Gasteiger partial charge is 0.306 e. The Morgan fingerprint density at radius 1 is 1.33 bits per heavy atom. The molecule has 1 N–H and O–H groups in total. The van der Waals surface area contributed by atoms with Crippen molar-refractivity contribution >= 4 is 34.7 Å². The minimum Gasteiger partial charge on any atom is -0.306 e. The molecule has 0 radical (unpaired) electrons. The van der Waals surface area contributed by atoms with Gasteiger partial charge in [-0.05, 0) is 35.9 Å². The summed E-state index contributed by atoms with van der Waals surface area (Å²) in [6.07, 6.45) is 2.11. The molecule has 2 rings (SSSR count). The molecule has 0 saturated heterocycles. The zero-order valence-electron chi connectivity index (χ0n) is 10.4. The van der Waals surface area contributed by atoms with E-state index in [4.69, 9.17) is 11.6 Å².